The summed E-state index contributed by atoms with van der Waals surface area (Å²) in [6.07, 6.45) is 0.943. The number of hydrogen-bond acceptors (Lipinski definition) is 2. The fourth-order valence-corrected chi connectivity index (χ4v) is 4.82. The first kappa shape index (κ1) is 24.9. The van der Waals surface area contributed by atoms with Crippen molar-refractivity contribution in [3.63, 3.8) is 0 Å². The van der Waals surface area contributed by atoms with Crippen LogP contribution in [0.1, 0.15) is 98.9 Å². The standard InChI is InChI=1S/C31H42N2/c1-10-22-16-25(14-20(4)28(22)32)30(6,7)23-12-11-13-24(17-23)31(8,9)26-15-21(5)29(33)27(18-26)19(2)3/h11-19H,10,32-33H2,1-9H3. The zero-order chi connectivity index (χ0) is 24.7. The molecule has 3 aromatic carbocycles. The molecule has 0 aliphatic rings. The van der Waals surface area contributed by atoms with Crippen molar-refractivity contribution in [2.24, 2.45) is 0 Å². The van der Waals surface area contributed by atoms with E-state index in [9.17, 15) is 0 Å². The highest BCUT2D eigenvalue weighted by Gasteiger charge is 2.29. The van der Waals surface area contributed by atoms with Gasteiger partial charge in [-0.25, -0.2) is 0 Å². The predicted octanol–water partition coefficient (Wildman–Crippen LogP) is 7.81. The van der Waals surface area contributed by atoms with Crippen LogP contribution in [-0.4, -0.2) is 0 Å². The van der Waals surface area contributed by atoms with Crippen LogP contribution in [0.15, 0.2) is 48.5 Å². The third kappa shape index (κ3) is 4.53. The number of rotatable bonds is 6. The Balaban J connectivity index is 2.11. The van der Waals surface area contributed by atoms with Crippen molar-refractivity contribution in [2.45, 2.75) is 85.5 Å². The van der Waals surface area contributed by atoms with Gasteiger partial charge in [0.05, 0.1) is 0 Å². The second-order valence-corrected chi connectivity index (χ2v) is 11.0. The summed E-state index contributed by atoms with van der Waals surface area (Å²) in [5, 5.41) is 0. The summed E-state index contributed by atoms with van der Waals surface area (Å²) in [4.78, 5) is 0. The van der Waals surface area contributed by atoms with E-state index in [0.717, 1.165) is 28.9 Å². The average Bonchev–Trinajstić information content (AvgIpc) is 2.76. The molecule has 0 fully saturated rings. The van der Waals surface area contributed by atoms with Crippen molar-refractivity contribution in [1.82, 2.24) is 0 Å². The Morgan fingerprint density at radius 1 is 0.697 bits per heavy atom. The minimum atomic E-state index is -0.139. The topological polar surface area (TPSA) is 52.0 Å². The monoisotopic (exact) mass is 442 g/mol. The largest absolute Gasteiger partial charge is 0.398 e. The quantitative estimate of drug-likeness (QED) is 0.382. The van der Waals surface area contributed by atoms with Crippen molar-refractivity contribution in [3.8, 4) is 0 Å². The normalized spacial score (nSPS) is 12.4. The zero-order valence-electron chi connectivity index (χ0n) is 22.1. The summed E-state index contributed by atoms with van der Waals surface area (Å²) in [6, 6.07) is 18.2. The number of nitrogen functional groups attached to an aromatic ring is 2. The summed E-state index contributed by atoms with van der Waals surface area (Å²) >= 11 is 0. The lowest BCUT2D eigenvalue weighted by Gasteiger charge is -2.32. The van der Waals surface area contributed by atoms with Crippen LogP contribution >= 0.6 is 0 Å². The van der Waals surface area contributed by atoms with E-state index >= 15 is 0 Å². The van der Waals surface area contributed by atoms with Crippen LogP contribution in [0.3, 0.4) is 0 Å². The summed E-state index contributed by atoms with van der Waals surface area (Å²) in [5.74, 6) is 0.395. The summed E-state index contributed by atoms with van der Waals surface area (Å²) < 4.78 is 0. The lowest BCUT2D eigenvalue weighted by atomic mass is 9.72. The highest BCUT2D eigenvalue weighted by Crippen LogP contribution is 2.40. The molecule has 2 heteroatoms. The van der Waals surface area contributed by atoms with E-state index in [1.54, 1.807) is 0 Å². The Hall–Kier alpha value is -2.74. The van der Waals surface area contributed by atoms with Gasteiger partial charge in [0.1, 0.15) is 0 Å². The first-order valence-electron chi connectivity index (χ1n) is 12.2. The number of hydrogen-bond donors (Lipinski definition) is 2. The van der Waals surface area contributed by atoms with E-state index in [1.807, 2.05) is 0 Å². The van der Waals surface area contributed by atoms with Crippen LogP contribution in [-0.2, 0) is 17.3 Å². The van der Waals surface area contributed by atoms with Gasteiger partial charge >= 0.3 is 0 Å². The molecule has 0 spiro atoms. The molecule has 0 atom stereocenters. The Bertz CT molecular complexity index is 1170. The van der Waals surface area contributed by atoms with Crippen molar-refractivity contribution >= 4 is 11.4 Å². The fraction of sp³-hybridized carbons (Fsp3) is 0.419. The van der Waals surface area contributed by atoms with Gasteiger partial charge in [0.25, 0.3) is 0 Å². The number of nitrogens with two attached hydrogens (primary N) is 2. The third-order valence-electron chi connectivity index (χ3n) is 7.64. The molecule has 0 aromatic heterocycles. The molecular formula is C31H42N2. The Kier molecular flexibility index (Phi) is 6.71. The second-order valence-electron chi connectivity index (χ2n) is 11.0. The van der Waals surface area contributed by atoms with Crippen LogP contribution in [0.2, 0.25) is 0 Å². The van der Waals surface area contributed by atoms with Gasteiger partial charge in [-0.2, -0.15) is 0 Å². The molecule has 176 valence electrons. The van der Waals surface area contributed by atoms with E-state index in [2.05, 4.69) is 111 Å². The van der Waals surface area contributed by atoms with Crippen molar-refractivity contribution in [3.05, 3.63) is 93.0 Å². The maximum Gasteiger partial charge on any atom is 0.0379 e. The highest BCUT2D eigenvalue weighted by molar-refractivity contribution is 5.60. The van der Waals surface area contributed by atoms with Gasteiger partial charge in [-0.3, -0.25) is 0 Å². The van der Waals surface area contributed by atoms with Gasteiger partial charge in [-0.15, -0.1) is 0 Å². The van der Waals surface area contributed by atoms with E-state index in [4.69, 9.17) is 11.5 Å². The van der Waals surface area contributed by atoms with Crippen LogP contribution in [0.5, 0.6) is 0 Å². The van der Waals surface area contributed by atoms with Crippen LogP contribution < -0.4 is 11.5 Å². The fourth-order valence-electron chi connectivity index (χ4n) is 4.82. The molecular weight excluding hydrogens is 400 g/mol. The van der Waals surface area contributed by atoms with Gasteiger partial charge in [0, 0.05) is 22.2 Å². The average molecular weight is 443 g/mol. The molecule has 3 aromatic rings. The first-order valence-corrected chi connectivity index (χ1v) is 12.2. The smallest absolute Gasteiger partial charge is 0.0379 e. The molecule has 0 unspecified atom stereocenters. The Morgan fingerprint density at radius 3 is 1.67 bits per heavy atom. The minimum Gasteiger partial charge on any atom is -0.398 e. The molecule has 3 rings (SSSR count). The highest BCUT2D eigenvalue weighted by atomic mass is 14.6. The van der Waals surface area contributed by atoms with Crippen molar-refractivity contribution in [1.29, 1.82) is 0 Å². The molecule has 0 aliphatic carbocycles. The molecule has 33 heavy (non-hydrogen) atoms. The Labute approximate surface area is 201 Å². The molecule has 0 radical (unpaired) electrons. The molecule has 0 saturated carbocycles. The third-order valence-corrected chi connectivity index (χ3v) is 7.64. The van der Waals surface area contributed by atoms with Crippen molar-refractivity contribution < 1.29 is 0 Å². The van der Waals surface area contributed by atoms with Gasteiger partial charge in [0.15, 0.2) is 0 Å². The van der Waals surface area contributed by atoms with Crippen molar-refractivity contribution in [2.75, 3.05) is 11.5 Å². The minimum absolute atomic E-state index is 0.130. The lowest BCUT2D eigenvalue weighted by Crippen LogP contribution is -2.24. The lowest BCUT2D eigenvalue weighted by molar-refractivity contribution is 0.615. The van der Waals surface area contributed by atoms with E-state index in [-0.39, 0.29) is 10.8 Å². The molecule has 2 nitrogen and oxygen atoms in total. The van der Waals surface area contributed by atoms with E-state index in [0.29, 0.717) is 5.92 Å². The summed E-state index contributed by atoms with van der Waals surface area (Å²) in [5.41, 5.74) is 24.4. The van der Waals surface area contributed by atoms with Gasteiger partial charge in [-0.05, 0) is 70.7 Å². The molecule has 0 aliphatic heterocycles. The Morgan fingerprint density at radius 2 is 1.18 bits per heavy atom. The van der Waals surface area contributed by atoms with Gasteiger partial charge < -0.3 is 11.5 Å². The molecule has 0 bridgehead atoms. The van der Waals surface area contributed by atoms with Crippen LogP contribution in [0.4, 0.5) is 11.4 Å². The number of benzene rings is 3. The SMILES string of the molecule is CCc1cc(C(C)(C)c2cccc(C(C)(C)c3cc(C)c(N)c(C(C)C)c3)c2)cc(C)c1N. The van der Waals surface area contributed by atoms with Gasteiger partial charge in [-0.1, -0.05) is 97.0 Å². The van der Waals surface area contributed by atoms with E-state index in [1.165, 1.54) is 33.4 Å². The zero-order valence-corrected chi connectivity index (χ0v) is 22.1. The molecule has 0 heterocycles. The molecule has 4 N–H and O–H groups in total. The number of anilines is 2. The van der Waals surface area contributed by atoms with Crippen LogP contribution in [0.25, 0.3) is 0 Å². The number of aryl methyl sites for hydroxylation is 3. The first-order chi connectivity index (χ1) is 15.3. The maximum absolute atomic E-state index is 6.42. The molecule has 0 saturated heterocycles. The van der Waals surface area contributed by atoms with E-state index < -0.39 is 0 Å². The van der Waals surface area contributed by atoms with Crippen LogP contribution in [0, 0.1) is 13.8 Å². The van der Waals surface area contributed by atoms with Gasteiger partial charge in [0.2, 0.25) is 0 Å². The maximum atomic E-state index is 6.42. The predicted molar refractivity (Wildman–Crippen MR) is 145 cm³/mol. The molecule has 0 amide bonds. The second kappa shape index (κ2) is 8.89. The summed E-state index contributed by atoms with van der Waals surface area (Å²) in [6.45, 7) is 20.1. The summed E-state index contributed by atoms with van der Waals surface area (Å²) in [7, 11) is 0.